The SMILES string of the molecule is CCCCCCCCCCCCC/C=C/CCC(=O)OC[C@H](COP(=O)(O)OCCN)OC(=O)CCC/C=C/CC/C=C/CCCCCCCCCCCCCCCC. The molecule has 0 aromatic rings. The fourth-order valence-electron chi connectivity index (χ4n) is 6.85. The number of phosphoric acid groups is 1. The van der Waals surface area contributed by atoms with Crippen molar-refractivity contribution >= 4 is 19.8 Å². The molecule has 59 heavy (non-hydrogen) atoms. The highest BCUT2D eigenvalue weighted by molar-refractivity contribution is 7.47. The van der Waals surface area contributed by atoms with Crippen LogP contribution in [0.25, 0.3) is 0 Å². The Morgan fingerprint density at radius 3 is 1.32 bits per heavy atom. The average Bonchev–Trinajstić information content (AvgIpc) is 3.22. The van der Waals surface area contributed by atoms with Gasteiger partial charge in [-0.1, -0.05) is 198 Å². The van der Waals surface area contributed by atoms with Crippen LogP contribution in [0.15, 0.2) is 36.5 Å². The van der Waals surface area contributed by atoms with Gasteiger partial charge in [0.15, 0.2) is 6.10 Å². The standard InChI is InChI=1S/C49H92NO8P/c1-3-5-7-9-11-13-15-17-19-20-21-22-23-24-25-26-28-30-32-34-36-38-40-42-49(52)58-47(46-57-59(53,54)56-44-43-50)45-55-48(51)41-39-37-35-33-31-29-27-18-16-14-12-10-8-6-4-2/h26,28,34-37,47H,3-25,27,29-33,38-46,50H2,1-2H3,(H,53,54)/b28-26+,36-34+,37-35+/t47-/m1/s1. The second kappa shape index (κ2) is 45.7. The normalized spacial score (nSPS) is 13.5. The summed E-state index contributed by atoms with van der Waals surface area (Å²) in [6.07, 6.45) is 52.1. The van der Waals surface area contributed by atoms with E-state index >= 15 is 0 Å². The molecule has 0 spiro atoms. The maximum absolute atomic E-state index is 12.6. The van der Waals surface area contributed by atoms with Gasteiger partial charge >= 0.3 is 19.8 Å². The highest BCUT2D eigenvalue weighted by Gasteiger charge is 2.25. The molecule has 346 valence electrons. The summed E-state index contributed by atoms with van der Waals surface area (Å²) in [6.45, 7) is 3.68. The van der Waals surface area contributed by atoms with Gasteiger partial charge in [-0.2, -0.15) is 0 Å². The van der Waals surface area contributed by atoms with E-state index in [-0.39, 0.29) is 32.6 Å². The Balaban J connectivity index is 4.13. The molecule has 0 bridgehead atoms. The summed E-state index contributed by atoms with van der Waals surface area (Å²) in [5.74, 6) is -0.928. The number of hydrogen-bond acceptors (Lipinski definition) is 8. The van der Waals surface area contributed by atoms with Crippen LogP contribution in [0, 0.1) is 0 Å². The van der Waals surface area contributed by atoms with Gasteiger partial charge in [0.25, 0.3) is 0 Å². The predicted octanol–water partition coefficient (Wildman–Crippen LogP) is 14.5. The van der Waals surface area contributed by atoms with Crippen molar-refractivity contribution < 1.29 is 37.6 Å². The Morgan fingerprint density at radius 1 is 0.492 bits per heavy atom. The third-order valence-corrected chi connectivity index (χ3v) is 11.5. The van der Waals surface area contributed by atoms with Crippen LogP contribution < -0.4 is 5.73 Å². The molecule has 3 N–H and O–H groups in total. The van der Waals surface area contributed by atoms with Gasteiger partial charge in [0.2, 0.25) is 0 Å². The lowest BCUT2D eigenvalue weighted by Crippen LogP contribution is -2.29. The molecule has 9 nitrogen and oxygen atoms in total. The molecule has 0 amide bonds. The van der Waals surface area contributed by atoms with Gasteiger partial charge < -0.3 is 20.1 Å². The Labute approximate surface area is 363 Å². The van der Waals surface area contributed by atoms with Gasteiger partial charge in [-0.15, -0.1) is 0 Å². The summed E-state index contributed by atoms with van der Waals surface area (Å²) in [5, 5.41) is 0. The lowest BCUT2D eigenvalue weighted by Gasteiger charge is -2.19. The zero-order chi connectivity index (χ0) is 43.2. The van der Waals surface area contributed by atoms with E-state index in [4.69, 9.17) is 24.3 Å². The van der Waals surface area contributed by atoms with Crippen molar-refractivity contribution in [3.05, 3.63) is 36.5 Å². The monoisotopic (exact) mass is 854 g/mol. The predicted molar refractivity (Wildman–Crippen MR) is 247 cm³/mol. The molecule has 0 aliphatic carbocycles. The molecule has 1 unspecified atom stereocenters. The topological polar surface area (TPSA) is 134 Å². The Bertz CT molecular complexity index is 1060. The van der Waals surface area contributed by atoms with Crippen LogP contribution in [0.5, 0.6) is 0 Å². The maximum atomic E-state index is 12.6. The minimum absolute atomic E-state index is 0.0441. The summed E-state index contributed by atoms with van der Waals surface area (Å²) in [5.41, 5.74) is 5.35. The summed E-state index contributed by atoms with van der Waals surface area (Å²) in [6, 6.07) is 0. The molecule has 0 aliphatic heterocycles. The molecule has 10 heteroatoms. The van der Waals surface area contributed by atoms with Crippen LogP contribution in [0.1, 0.15) is 232 Å². The number of carbonyl (C=O) groups is 2. The van der Waals surface area contributed by atoms with Gasteiger partial charge in [-0.3, -0.25) is 18.6 Å². The second-order valence-corrected chi connectivity index (χ2v) is 17.8. The van der Waals surface area contributed by atoms with E-state index in [0.717, 1.165) is 38.5 Å². The van der Waals surface area contributed by atoms with Crippen LogP contribution in [0.4, 0.5) is 0 Å². The van der Waals surface area contributed by atoms with Crippen molar-refractivity contribution in [1.82, 2.24) is 0 Å². The third kappa shape index (κ3) is 45.6. The molecule has 0 aromatic carbocycles. The summed E-state index contributed by atoms with van der Waals surface area (Å²) in [7, 11) is -4.40. The van der Waals surface area contributed by atoms with Crippen molar-refractivity contribution in [3.8, 4) is 0 Å². The van der Waals surface area contributed by atoms with Crippen LogP contribution in [-0.2, 0) is 32.7 Å². The first-order chi connectivity index (χ1) is 28.8. The summed E-state index contributed by atoms with van der Waals surface area (Å²) < 4.78 is 32.8. The van der Waals surface area contributed by atoms with E-state index in [2.05, 4.69) is 44.2 Å². The van der Waals surface area contributed by atoms with Gasteiger partial charge in [-0.25, -0.2) is 4.57 Å². The zero-order valence-electron chi connectivity index (χ0n) is 38.2. The fraction of sp³-hybridized carbons (Fsp3) is 0.837. The van der Waals surface area contributed by atoms with Crippen molar-refractivity contribution in [2.45, 2.75) is 238 Å². The first-order valence-corrected chi connectivity index (χ1v) is 26.0. The smallest absolute Gasteiger partial charge is 0.462 e. The van der Waals surface area contributed by atoms with Crippen LogP contribution in [0.3, 0.4) is 0 Å². The molecule has 0 saturated carbocycles. The lowest BCUT2D eigenvalue weighted by molar-refractivity contribution is -0.161. The van der Waals surface area contributed by atoms with E-state index in [1.165, 1.54) is 154 Å². The molecule has 0 aromatic heterocycles. The van der Waals surface area contributed by atoms with Crippen molar-refractivity contribution in [2.24, 2.45) is 5.73 Å². The van der Waals surface area contributed by atoms with Crippen molar-refractivity contribution in [2.75, 3.05) is 26.4 Å². The molecule has 0 saturated heterocycles. The number of ether oxygens (including phenoxy) is 2. The highest BCUT2D eigenvalue weighted by Crippen LogP contribution is 2.43. The molecule has 0 aliphatic rings. The zero-order valence-corrected chi connectivity index (χ0v) is 39.1. The minimum Gasteiger partial charge on any atom is -0.462 e. The van der Waals surface area contributed by atoms with E-state index in [9.17, 15) is 19.0 Å². The van der Waals surface area contributed by atoms with Gasteiger partial charge in [0, 0.05) is 19.4 Å². The average molecular weight is 854 g/mol. The number of carbonyl (C=O) groups excluding carboxylic acids is 2. The number of rotatable bonds is 46. The summed E-state index contributed by atoms with van der Waals surface area (Å²) in [4.78, 5) is 34.9. The maximum Gasteiger partial charge on any atom is 0.472 e. The van der Waals surface area contributed by atoms with Gasteiger partial charge in [0.1, 0.15) is 6.61 Å². The molecular formula is C49H92NO8P. The Hall–Kier alpha value is -1.77. The number of phosphoric ester groups is 1. The largest absolute Gasteiger partial charge is 0.472 e. The van der Waals surface area contributed by atoms with E-state index in [1.54, 1.807) is 0 Å². The van der Waals surface area contributed by atoms with Crippen molar-refractivity contribution in [3.63, 3.8) is 0 Å². The van der Waals surface area contributed by atoms with E-state index in [1.807, 2.05) is 6.08 Å². The number of esters is 2. The Morgan fingerprint density at radius 2 is 0.881 bits per heavy atom. The van der Waals surface area contributed by atoms with E-state index in [0.29, 0.717) is 12.8 Å². The second-order valence-electron chi connectivity index (χ2n) is 16.3. The Kier molecular flexibility index (Phi) is 44.4. The number of hydrogen-bond donors (Lipinski definition) is 2. The first kappa shape index (κ1) is 57.2. The number of nitrogens with two attached hydrogens (primary N) is 1. The van der Waals surface area contributed by atoms with E-state index < -0.39 is 32.5 Å². The van der Waals surface area contributed by atoms with Crippen LogP contribution >= 0.6 is 7.82 Å². The van der Waals surface area contributed by atoms with Crippen LogP contribution in [-0.4, -0.2) is 49.3 Å². The molecule has 0 fully saturated rings. The third-order valence-electron chi connectivity index (χ3n) is 10.5. The molecule has 0 radical (unpaired) electrons. The van der Waals surface area contributed by atoms with Gasteiger partial charge in [-0.05, 0) is 57.8 Å². The fourth-order valence-corrected chi connectivity index (χ4v) is 7.62. The summed E-state index contributed by atoms with van der Waals surface area (Å²) >= 11 is 0. The molecule has 0 heterocycles. The van der Waals surface area contributed by atoms with Gasteiger partial charge in [0.05, 0.1) is 13.2 Å². The van der Waals surface area contributed by atoms with Crippen LogP contribution in [0.2, 0.25) is 0 Å². The number of allylic oxidation sites excluding steroid dienone is 6. The quantitative estimate of drug-likeness (QED) is 0.0265. The molecule has 0 rings (SSSR count). The lowest BCUT2D eigenvalue weighted by atomic mass is 10.0. The first-order valence-electron chi connectivity index (χ1n) is 24.5. The number of unbranched alkanes of at least 4 members (excludes halogenated alkanes) is 27. The molecule has 2 atom stereocenters. The minimum atomic E-state index is -4.40. The van der Waals surface area contributed by atoms with Crippen molar-refractivity contribution in [1.29, 1.82) is 0 Å². The molecular weight excluding hydrogens is 762 g/mol. The highest BCUT2D eigenvalue weighted by atomic mass is 31.2.